The molecule has 0 spiro atoms. The average Bonchev–Trinajstić information content (AvgIpc) is 2.67. The second kappa shape index (κ2) is 8.38. The zero-order valence-corrected chi connectivity index (χ0v) is 15.1. The highest BCUT2D eigenvalue weighted by Crippen LogP contribution is 2.19. The first kappa shape index (κ1) is 18.5. The first-order valence-corrected chi connectivity index (χ1v) is 8.89. The number of nitrogens with two attached hydrogens (primary N) is 1. The van der Waals surface area contributed by atoms with Gasteiger partial charge in [-0.1, -0.05) is 23.7 Å². The fraction of sp³-hybridized carbons (Fsp3) is 0.316. The molecule has 7 heteroatoms. The highest BCUT2D eigenvalue weighted by Gasteiger charge is 2.19. The molecule has 0 bridgehead atoms. The Kier molecular flexibility index (Phi) is 5.96. The molecule has 2 aromatic carbocycles. The number of aliphatic hydroxyl groups excluding tert-OH is 1. The Labute approximate surface area is 157 Å². The Morgan fingerprint density at radius 1 is 1.08 bits per heavy atom. The smallest absolute Gasteiger partial charge is 0.191 e. The van der Waals surface area contributed by atoms with Crippen LogP contribution in [0, 0.1) is 5.82 Å². The van der Waals surface area contributed by atoms with E-state index in [0.717, 1.165) is 36.9 Å². The van der Waals surface area contributed by atoms with Gasteiger partial charge >= 0.3 is 0 Å². The van der Waals surface area contributed by atoms with Crippen LogP contribution in [0.2, 0.25) is 5.02 Å². The van der Waals surface area contributed by atoms with E-state index in [-0.39, 0.29) is 12.4 Å². The van der Waals surface area contributed by atoms with Crippen molar-refractivity contribution in [1.82, 2.24) is 4.90 Å². The van der Waals surface area contributed by atoms with Gasteiger partial charge in [0, 0.05) is 36.9 Å². The fourth-order valence-corrected chi connectivity index (χ4v) is 3.04. The number of aliphatic imine (C=N–C) groups is 1. The van der Waals surface area contributed by atoms with Crippen LogP contribution in [0.15, 0.2) is 53.5 Å². The molecule has 26 heavy (non-hydrogen) atoms. The summed E-state index contributed by atoms with van der Waals surface area (Å²) in [4.78, 5) is 8.57. The molecule has 5 nitrogen and oxygen atoms in total. The Balaban J connectivity index is 1.52. The van der Waals surface area contributed by atoms with E-state index in [1.807, 2.05) is 29.2 Å². The van der Waals surface area contributed by atoms with E-state index in [9.17, 15) is 9.50 Å². The van der Waals surface area contributed by atoms with Crippen molar-refractivity contribution in [1.29, 1.82) is 0 Å². The van der Waals surface area contributed by atoms with Crippen LogP contribution in [0.3, 0.4) is 0 Å². The van der Waals surface area contributed by atoms with Gasteiger partial charge in [0.05, 0.1) is 12.6 Å². The number of benzene rings is 2. The maximum atomic E-state index is 12.9. The van der Waals surface area contributed by atoms with Gasteiger partial charge in [0.25, 0.3) is 0 Å². The van der Waals surface area contributed by atoms with Gasteiger partial charge in [0.2, 0.25) is 0 Å². The molecule has 0 radical (unpaired) electrons. The molecular weight excluding hydrogens is 355 g/mol. The number of rotatable bonds is 4. The van der Waals surface area contributed by atoms with Crippen molar-refractivity contribution in [3.05, 3.63) is 64.9 Å². The van der Waals surface area contributed by atoms with Gasteiger partial charge in [-0.2, -0.15) is 0 Å². The molecule has 3 N–H and O–H groups in total. The van der Waals surface area contributed by atoms with Crippen molar-refractivity contribution in [3.8, 4) is 0 Å². The number of hydrogen-bond donors (Lipinski definition) is 2. The highest BCUT2D eigenvalue weighted by molar-refractivity contribution is 6.30. The van der Waals surface area contributed by atoms with E-state index in [1.165, 1.54) is 12.1 Å². The summed E-state index contributed by atoms with van der Waals surface area (Å²) in [6, 6.07) is 13.5. The molecule has 1 aliphatic rings. The van der Waals surface area contributed by atoms with Crippen LogP contribution in [0.1, 0.15) is 11.7 Å². The number of aliphatic hydroxyl groups is 1. The molecule has 0 aromatic heterocycles. The number of halogens is 2. The molecule has 0 aliphatic carbocycles. The van der Waals surface area contributed by atoms with E-state index in [1.54, 1.807) is 12.1 Å². The molecule has 0 amide bonds. The summed E-state index contributed by atoms with van der Waals surface area (Å²) in [5, 5.41) is 10.9. The Hall–Kier alpha value is -2.31. The summed E-state index contributed by atoms with van der Waals surface area (Å²) in [7, 11) is 0. The van der Waals surface area contributed by atoms with E-state index in [0.29, 0.717) is 11.5 Å². The first-order chi connectivity index (χ1) is 12.5. The van der Waals surface area contributed by atoms with E-state index in [2.05, 4.69) is 9.89 Å². The van der Waals surface area contributed by atoms with Gasteiger partial charge in [0.15, 0.2) is 5.96 Å². The van der Waals surface area contributed by atoms with Crippen LogP contribution >= 0.6 is 11.6 Å². The number of nitrogens with zero attached hydrogens (tertiary/aromatic N) is 3. The van der Waals surface area contributed by atoms with Crippen LogP contribution in [0.5, 0.6) is 0 Å². The second-order valence-corrected chi connectivity index (χ2v) is 6.65. The van der Waals surface area contributed by atoms with Crippen LogP contribution in [-0.4, -0.2) is 48.7 Å². The molecule has 1 fully saturated rings. The van der Waals surface area contributed by atoms with Gasteiger partial charge in [0.1, 0.15) is 5.82 Å². The molecule has 1 saturated heterocycles. The van der Waals surface area contributed by atoms with Gasteiger partial charge in [-0.15, -0.1) is 0 Å². The predicted octanol–water partition coefficient (Wildman–Crippen LogP) is 2.65. The Bertz CT molecular complexity index is 743. The monoisotopic (exact) mass is 376 g/mol. The van der Waals surface area contributed by atoms with Gasteiger partial charge in [-0.3, -0.25) is 4.99 Å². The molecule has 1 aliphatic heterocycles. The largest absolute Gasteiger partial charge is 0.386 e. The quantitative estimate of drug-likeness (QED) is 0.636. The second-order valence-electron chi connectivity index (χ2n) is 6.22. The number of guanidine groups is 1. The maximum absolute atomic E-state index is 12.9. The van der Waals surface area contributed by atoms with Crippen molar-refractivity contribution in [3.63, 3.8) is 0 Å². The molecule has 138 valence electrons. The van der Waals surface area contributed by atoms with Gasteiger partial charge < -0.3 is 20.6 Å². The van der Waals surface area contributed by atoms with Crippen molar-refractivity contribution in [2.45, 2.75) is 6.10 Å². The summed E-state index contributed by atoms with van der Waals surface area (Å²) < 4.78 is 12.9. The third kappa shape index (κ3) is 4.65. The lowest BCUT2D eigenvalue weighted by Crippen LogP contribution is -2.51. The lowest BCUT2D eigenvalue weighted by Gasteiger charge is -2.36. The first-order valence-electron chi connectivity index (χ1n) is 8.52. The molecule has 1 heterocycles. The van der Waals surface area contributed by atoms with E-state index in [4.69, 9.17) is 17.3 Å². The van der Waals surface area contributed by atoms with Gasteiger partial charge in [-0.25, -0.2) is 4.39 Å². The number of anilines is 1. The Morgan fingerprint density at radius 3 is 2.31 bits per heavy atom. The summed E-state index contributed by atoms with van der Waals surface area (Å²) in [5.41, 5.74) is 7.83. The number of piperazine rings is 1. The minimum atomic E-state index is -0.801. The van der Waals surface area contributed by atoms with E-state index < -0.39 is 6.10 Å². The summed E-state index contributed by atoms with van der Waals surface area (Å²) in [5.74, 6) is 0.0874. The zero-order valence-electron chi connectivity index (χ0n) is 14.4. The number of hydrogen-bond acceptors (Lipinski definition) is 3. The van der Waals surface area contributed by atoms with Crippen LogP contribution < -0.4 is 10.6 Å². The molecule has 0 saturated carbocycles. The third-order valence-electron chi connectivity index (χ3n) is 4.48. The summed E-state index contributed by atoms with van der Waals surface area (Å²) in [6.45, 7) is 3.32. The third-order valence-corrected chi connectivity index (χ3v) is 4.73. The van der Waals surface area contributed by atoms with Crippen LogP contribution in [0.25, 0.3) is 0 Å². The topological polar surface area (TPSA) is 65.1 Å². The normalized spacial score (nSPS) is 16.7. The lowest BCUT2D eigenvalue weighted by molar-refractivity contribution is 0.186. The lowest BCUT2D eigenvalue weighted by atomic mass is 10.1. The van der Waals surface area contributed by atoms with Crippen molar-refractivity contribution >= 4 is 23.2 Å². The van der Waals surface area contributed by atoms with Crippen molar-refractivity contribution in [2.75, 3.05) is 37.6 Å². The van der Waals surface area contributed by atoms with Crippen molar-refractivity contribution < 1.29 is 9.50 Å². The minimum Gasteiger partial charge on any atom is -0.386 e. The fourth-order valence-electron chi connectivity index (χ4n) is 2.92. The van der Waals surface area contributed by atoms with Crippen molar-refractivity contribution in [2.24, 2.45) is 10.7 Å². The highest BCUT2D eigenvalue weighted by atomic mass is 35.5. The average molecular weight is 377 g/mol. The van der Waals surface area contributed by atoms with Crippen LogP contribution in [0.4, 0.5) is 10.1 Å². The molecule has 1 unspecified atom stereocenters. The maximum Gasteiger partial charge on any atom is 0.191 e. The van der Waals surface area contributed by atoms with E-state index >= 15 is 0 Å². The Morgan fingerprint density at radius 2 is 1.69 bits per heavy atom. The SMILES string of the molecule is NC(=NCC(O)c1ccc(F)cc1)N1CCN(c2ccc(Cl)cc2)CC1. The summed E-state index contributed by atoms with van der Waals surface area (Å²) in [6.07, 6.45) is -0.801. The summed E-state index contributed by atoms with van der Waals surface area (Å²) >= 11 is 5.93. The molecule has 2 aromatic rings. The van der Waals surface area contributed by atoms with Gasteiger partial charge in [-0.05, 0) is 42.0 Å². The molecular formula is C19H22ClFN4O. The predicted molar refractivity (Wildman–Crippen MR) is 103 cm³/mol. The standard InChI is InChI=1S/C19H22ClFN4O/c20-15-3-7-17(8-4-15)24-9-11-25(12-10-24)19(22)23-13-18(26)14-1-5-16(21)6-2-14/h1-8,18,26H,9-13H2,(H2,22,23). The van der Waals surface area contributed by atoms with Crippen LogP contribution in [-0.2, 0) is 0 Å². The molecule has 1 atom stereocenters. The zero-order chi connectivity index (χ0) is 18.5. The molecule has 3 rings (SSSR count). The minimum absolute atomic E-state index is 0.148.